The molecule has 0 saturated heterocycles. The predicted molar refractivity (Wildman–Crippen MR) is 291 cm³/mol. The van der Waals surface area contributed by atoms with Crippen molar-refractivity contribution >= 4 is 46.4 Å². The number of carboxylic acid groups (broad SMARTS) is 1. The molecule has 68 heavy (non-hydrogen) atoms. The fourth-order valence-corrected chi connectivity index (χ4v) is 11.8. The van der Waals surface area contributed by atoms with E-state index in [4.69, 9.17) is 27.9 Å². The molecule has 1 N–H and O–H groups in total. The summed E-state index contributed by atoms with van der Waals surface area (Å²) in [4.78, 5) is 16.1. The molecule has 1 aliphatic carbocycles. The van der Waals surface area contributed by atoms with Crippen LogP contribution in [0.25, 0.3) is 0 Å². The average molecular weight is 958 g/mol. The van der Waals surface area contributed by atoms with Gasteiger partial charge >= 0.3 is 5.97 Å². The molecular formula is C60H79ClN3O3S+. The standard InChI is InChI=1S/C60H78ClN3O3S/c1-9-35-62(36-22-40-67-54-33-31-45(2)43-47(54)4)37-23-42-68-41-20-11-10-18-39-64-53-29-17-15-27-51(53)60(7,8)56(64)44-46(3)49-25-21-24-48(58(49)61)32-34-55-59(5,6)50-26-14-16-28-52(50)63(55)38-19-12-13-30-57(65)66/h1,14-17,26-29,31-34,43-44H,10-13,18-25,30,35-42H2,2-8H3/p+1. The zero-order chi connectivity index (χ0) is 48.7. The van der Waals surface area contributed by atoms with Crippen molar-refractivity contribution < 1.29 is 19.2 Å². The minimum atomic E-state index is -0.720. The van der Waals surface area contributed by atoms with Gasteiger partial charge in [0.05, 0.1) is 18.6 Å². The molecule has 0 aromatic heterocycles. The molecule has 0 spiro atoms. The number of benzene rings is 3. The second-order valence-electron chi connectivity index (χ2n) is 20.2. The molecule has 0 atom stereocenters. The Morgan fingerprint density at radius 1 is 0.882 bits per heavy atom. The number of carbonyl (C=O) groups is 1. The van der Waals surface area contributed by atoms with E-state index in [1.54, 1.807) is 0 Å². The molecule has 6 rings (SSSR count). The maximum absolute atomic E-state index is 11.1. The molecule has 364 valence electrons. The van der Waals surface area contributed by atoms with Crippen molar-refractivity contribution in [2.24, 2.45) is 0 Å². The number of hydrogen-bond acceptors (Lipinski definition) is 5. The second kappa shape index (κ2) is 25.4. The SMILES string of the molecule is C#CCN(CCCOc1ccc(C)cc1C)CCCSCCCCCCN1/C(=C\C(C)=C2/CCCC(/C=C/C3=[N+](CCCCCC(=O)O)c4ccccc4C3(C)C)=C2Cl)C(C)(C)c2ccccc21. The van der Waals surface area contributed by atoms with Crippen LogP contribution in [0.5, 0.6) is 5.75 Å². The molecule has 3 aromatic carbocycles. The number of allylic oxidation sites excluding steroid dienone is 8. The average Bonchev–Trinajstić information content (AvgIpc) is 3.65. The third-order valence-corrected chi connectivity index (χ3v) is 15.9. The van der Waals surface area contributed by atoms with Crippen molar-refractivity contribution in [2.75, 3.05) is 55.7 Å². The number of anilines is 1. The Morgan fingerprint density at radius 3 is 2.38 bits per heavy atom. The van der Waals surface area contributed by atoms with Crippen LogP contribution in [0.15, 0.2) is 112 Å². The first-order valence-electron chi connectivity index (χ1n) is 25.5. The van der Waals surface area contributed by atoms with E-state index in [0.717, 1.165) is 88.3 Å². The van der Waals surface area contributed by atoms with E-state index in [1.807, 2.05) is 0 Å². The summed E-state index contributed by atoms with van der Waals surface area (Å²) in [5.74, 6) is 5.50. The molecule has 3 aliphatic rings. The number of unbranched alkanes of at least 4 members (excludes halogenated alkanes) is 5. The largest absolute Gasteiger partial charge is 0.493 e. The fraction of sp³-hybridized carbons (Fsp3) is 0.500. The van der Waals surface area contributed by atoms with Crippen LogP contribution in [0, 0.1) is 26.2 Å². The second-order valence-corrected chi connectivity index (χ2v) is 21.8. The molecule has 0 unspecified atom stereocenters. The highest BCUT2D eigenvalue weighted by Gasteiger charge is 2.44. The van der Waals surface area contributed by atoms with E-state index < -0.39 is 5.97 Å². The first kappa shape index (κ1) is 52.9. The van der Waals surface area contributed by atoms with Gasteiger partial charge in [-0.15, -0.1) is 6.42 Å². The molecule has 0 saturated carbocycles. The van der Waals surface area contributed by atoms with Crippen LogP contribution >= 0.6 is 23.4 Å². The van der Waals surface area contributed by atoms with Crippen molar-refractivity contribution in [2.45, 2.75) is 143 Å². The lowest BCUT2D eigenvalue weighted by Gasteiger charge is -2.28. The molecule has 2 heterocycles. The van der Waals surface area contributed by atoms with Gasteiger partial charge in [0.2, 0.25) is 5.69 Å². The van der Waals surface area contributed by atoms with E-state index in [9.17, 15) is 4.79 Å². The molecule has 0 bridgehead atoms. The number of aryl methyl sites for hydroxylation is 2. The van der Waals surface area contributed by atoms with Crippen LogP contribution in [0.1, 0.15) is 140 Å². The molecular weight excluding hydrogens is 878 g/mol. The number of terminal acetylenes is 1. The number of rotatable bonds is 26. The van der Waals surface area contributed by atoms with Crippen LogP contribution in [0.3, 0.4) is 0 Å². The molecule has 0 fully saturated rings. The van der Waals surface area contributed by atoms with Crippen LogP contribution in [0.4, 0.5) is 11.4 Å². The van der Waals surface area contributed by atoms with Gasteiger partial charge in [-0.3, -0.25) is 9.69 Å². The van der Waals surface area contributed by atoms with Crippen molar-refractivity contribution in [3.05, 3.63) is 135 Å². The number of fused-ring (bicyclic) bond motifs is 2. The lowest BCUT2D eigenvalue weighted by atomic mass is 9.81. The van der Waals surface area contributed by atoms with Crippen molar-refractivity contribution in [3.8, 4) is 18.1 Å². The van der Waals surface area contributed by atoms with Crippen LogP contribution in [-0.2, 0) is 15.6 Å². The summed E-state index contributed by atoms with van der Waals surface area (Å²) in [7, 11) is 0. The maximum atomic E-state index is 11.1. The Hall–Kier alpha value is -4.48. The molecule has 3 aromatic rings. The number of hydrogen-bond donors (Lipinski definition) is 1. The van der Waals surface area contributed by atoms with Crippen molar-refractivity contribution in [1.82, 2.24) is 4.90 Å². The zero-order valence-corrected chi connectivity index (χ0v) is 44.0. The Balaban J connectivity index is 1.03. The van der Waals surface area contributed by atoms with Gasteiger partial charge in [0, 0.05) is 65.5 Å². The number of carboxylic acids is 1. The van der Waals surface area contributed by atoms with Gasteiger partial charge in [-0.05, 0) is 157 Å². The number of ether oxygens (including phenoxy) is 1. The van der Waals surface area contributed by atoms with Crippen LogP contribution < -0.4 is 9.64 Å². The molecule has 2 aliphatic heterocycles. The summed E-state index contributed by atoms with van der Waals surface area (Å²) in [6, 6.07) is 24.1. The van der Waals surface area contributed by atoms with E-state index >= 15 is 0 Å². The zero-order valence-electron chi connectivity index (χ0n) is 42.4. The number of thioether (sulfide) groups is 1. The Kier molecular flexibility index (Phi) is 19.8. The highest BCUT2D eigenvalue weighted by molar-refractivity contribution is 7.99. The number of nitrogens with zero attached hydrogens (tertiary/aromatic N) is 3. The Labute approximate surface area is 419 Å². The van der Waals surface area contributed by atoms with Gasteiger partial charge in [0.15, 0.2) is 5.71 Å². The van der Waals surface area contributed by atoms with Gasteiger partial charge in [-0.2, -0.15) is 16.3 Å². The topological polar surface area (TPSA) is 56.0 Å². The quantitative estimate of drug-likeness (QED) is 0.0492. The van der Waals surface area contributed by atoms with Gasteiger partial charge in [-0.25, -0.2) is 0 Å². The van der Waals surface area contributed by atoms with E-state index in [-0.39, 0.29) is 17.3 Å². The fourth-order valence-electron chi connectivity index (χ4n) is 10.5. The van der Waals surface area contributed by atoms with Crippen LogP contribution in [0.2, 0.25) is 0 Å². The predicted octanol–water partition coefficient (Wildman–Crippen LogP) is 14.6. The molecule has 0 radical (unpaired) electrons. The van der Waals surface area contributed by atoms with Gasteiger partial charge in [0.25, 0.3) is 0 Å². The van der Waals surface area contributed by atoms with Crippen LogP contribution in [-0.4, -0.2) is 77.1 Å². The summed E-state index contributed by atoms with van der Waals surface area (Å²) in [6.45, 7) is 21.1. The Bertz CT molecular complexity index is 2410. The molecule has 0 amide bonds. The number of para-hydroxylation sites is 2. The monoisotopic (exact) mass is 957 g/mol. The smallest absolute Gasteiger partial charge is 0.303 e. The van der Waals surface area contributed by atoms with Crippen molar-refractivity contribution in [1.29, 1.82) is 0 Å². The lowest BCUT2D eigenvalue weighted by molar-refractivity contribution is -0.438. The van der Waals surface area contributed by atoms with Gasteiger partial charge < -0.3 is 14.7 Å². The summed E-state index contributed by atoms with van der Waals surface area (Å²) < 4.78 is 8.52. The molecule has 8 heteroatoms. The minimum absolute atomic E-state index is 0.121. The van der Waals surface area contributed by atoms with Gasteiger partial charge in [-0.1, -0.05) is 104 Å². The van der Waals surface area contributed by atoms with Gasteiger partial charge in [0.1, 0.15) is 12.3 Å². The number of halogens is 1. The highest BCUT2D eigenvalue weighted by atomic mass is 35.5. The van der Waals surface area contributed by atoms with E-state index in [2.05, 4.69) is 165 Å². The third-order valence-electron chi connectivity index (χ3n) is 14.3. The number of aliphatic carboxylic acids is 1. The third kappa shape index (κ3) is 13.6. The summed E-state index contributed by atoms with van der Waals surface area (Å²) in [6.07, 6.45) is 25.5. The summed E-state index contributed by atoms with van der Waals surface area (Å²) in [5, 5.41) is 10.1. The summed E-state index contributed by atoms with van der Waals surface area (Å²) in [5.41, 5.74) is 13.8. The first-order chi connectivity index (χ1) is 32.7. The highest BCUT2D eigenvalue weighted by Crippen LogP contribution is 2.49. The van der Waals surface area contributed by atoms with E-state index in [1.165, 1.54) is 92.5 Å². The van der Waals surface area contributed by atoms with Crippen molar-refractivity contribution in [3.63, 3.8) is 0 Å². The molecule has 6 nitrogen and oxygen atoms in total. The first-order valence-corrected chi connectivity index (χ1v) is 27.0. The Morgan fingerprint density at radius 2 is 1.60 bits per heavy atom. The summed E-state index contributed by atoms with van der Waals surface area (Å²) >= 11 is 9.52. The lowest BCUT2D eigenvalue weighted by Crippen LogP contribution is -2.28. The normalized spacial score (nSPS) is 17.6. The van der Waals surface area contributed by atoms with E-state index in [0.29, 0.717) is 19.6 Å². The minimum Gasteiger partial charge on any atom is -0.493 e. The maximum Gasteiger partial charge on any atom is 0.303 e.